The maximum atomic E-state index is 13.4. The molecule has 1 aromatic carbocycles. The summed E-state index contributed by atoms with van der Waals surface area (Å²) in [5.74, 6) is -6.71. The lowest BCUT2D eigenvalue weighted by Crippen LogP contribution is -2.58. The molecular formula is C27H34N2O16Si. The average molecular weight is 671 g/mol. The highest BCUT2D eigenvalue weighted by Crippen LogP contribution is 2.42. The molecule has 0 aromatic heterocycles. The SMILES string of the molecule is CNC(=O)C1CC(OC=O)C(C(=O)Nc2cc(C)cc(C(=O)OCC(O)OCCC[Si](C(=O)O)(C(=O)O)C(=O)O)c2)C1CC(=O)O. The number of carbonyl (C=O) groups is 8. The number of carboxylic acid groups (broad SMARTS) is 4. The molecule has 0 saturated heterocycles. The van der Waals surface area contributed by atoms with E-state index in [-0.39, 0.29) is 30.6 Å². The number of carbonyl (C=O) groups excluding carboxylic acids is 4. The summed E-state index contributed by atoms with van der Waals surface area (Å²) in [5.41, 5.74) is -5.36. The van der Waals surface area contributed by atoms with Gasteiger partial charge in [0.2, 0.25) is 11.8 Å². The highest BCUT2D eigenvalue weighted by molar-refractivity contribution is 7.38. The van der Waals surface area contributed by atoms with Crippen LogP contribution >= 0.6 is 0 Å². The van der Waals surface area contributed by atoms with Gasteiger partial charge in [0.15, 0.2) is 6.29 Å². The lowest BCUT2D eigenvalue weighted by atomic mass is 9.85. The molecule has 1 aliphatic carbocycles. The number of amides is 2. The summed E-state index contributed by atoms with van der Waals surface area (Å²) in [7, 11) is -3.49. The fraction of sp³-hybridized carbons (Fsp3) is 0.481. The summed E-state index contributed by atoms with van der Waals surface area (Å²) in [6.07, 6.45) is -3.83. The van der Waals surface area contributed by atoms with E-state index in [9.17, 15) is 48.6 Å². The highest BCUT2D eigenvalue weighted by atomic mass is 28.3. The third-order valence-electron chi connectivity index (χ3n) is 7.43. The third-order valence-corrected chi connectivity index (χ3v) is 10.7. The van der Waals surface area contributed by atoms with E-state index < -0.39 is 104 Å². The van der Waals surface area contributed by atoms with Crippen LogP contribution < -0.4 is 10.6 Å². The van der Waals surface area contributed by atoms with Gasteiger partial charge in [-0.2, -0.15) is 0 Å². The molecule has 0 heterocycles. The van der Waals surface area contributed by atoms with Gasteiger partial charge in [0, 0.05) is 31.7 Å². The quantitative estimate of drug-likeness (QED) is 0.0378. The normalized spacial score (nSPS) is 19.7. The highest BCUT2D eigenvalue weighted by Gasteiger charge is 2.59. The second-order valence-electron chi connectivity index (χ2n) is 10.4. The maximum Gasteiger partial charge on any atom is 0.431 e. The molecule has 252 valence electrons. The Kier molecular flexibility index (Phi) is 13.3. The Morgan fingerprint density at radius 2 is 1.63 bits per heavy atom. The van der Waals surface area contributed by atoms with Gasteiger partial charge in [-0.3, -0.25) is 33.6 Å². The number of carboxylic acids is 1. The average Bonchev–Trinajstić information content (AvgIpc) is 3.31. The third kappa shape index (κ3) is 9.08. The summed E-state index contributed by atoms with van der Waals surface area (Å²) >= 11 is 0. The molecule has 2 amide bonds. The number of aryl methyl sites for hydroxylation is 1. The second kappa shape index (κ2) is 16.4. The van der Waals surface area contributed by atoms with Crippen molar-refractivity contribution in [3.63, 3.8) is 0 Å². The second-order valence-corrected chi connectivity index (χ2v) is 14.0. The monoisotopic (exact) mass is 670 g/mol. The van der Waals surface area contributed by atoms with Crippen LogP contribution in [0, 0.1) is 24.7 Å². The Labute approximate surface area is 261 Å². The van der Waals surface area contributed by atoms with Gasteiger partial charge in [-0.15, -0.1) is 0 Å². The molecule has 1 fully saturated rings. The molecule has 7 N–H and O–H groups in total. The Bertz CT molecular complexity index is 1330. The van der Waals surface area contributed by atoms with Gasteiger partial charge >= 0.3 is 20.0 Å². The summed E-state index contributed by atoms with van der Waals surface area (Å²) in [6, 6.07) is 3.38. The largest absolute Gasteiger partial charge is 0.485 e. The lowest BCUT2D eigenvalue weighted by Gasteiger charge is -2.24. The number of nitrogens with one attached hydrogen (secondary N) is 2. The molecule has 0 aliphatic heterocycles. The van der Waals surface area contributed by atoms with Crippen molar-refractivity contribution in [3.05, 3.63) is 29.3 Å². The first-order chi connectivity index (χ1) is 21.6. The molecule has 19 heteroatoms. The predicted octanol–water partition coefficient (Wildman–Crippen LogP) is 1.06. The minimum Gasteiger partial charge on any atom is -0.485 e. The van der Waals surface area contributed by atoms with E-state index in [1.807, 2.05) is 0 Å². The molecule has 46 heavy (non-hydrogen) atoms. The molecule has 1 aromatic rings. The van der Waals surface area contributed by atoms with Crippen LogP contribution in [0.25, 0.3) is 0 Å². The lowest BCUT2D eigenvalue weighted by molar-refractivity contribution is -0.141. The van der Waals surface area contributed by atoms with Gasteiger partial charge in [0.25, 0.3) is 23.2 Å². The van der Waals surface area contributed by atoms with Crippen molar-refractivity contribution in [1.82, 2.24) is 5.32 Å². The molecule has 1 saturated carbocycles. The van der Waals surface area contributed by atoms with Crippen LogP contribution in [-0.2, 0) is 33.4 Å². The number of esters is 1. The van der Waals surface area contributed by atoms with Gasteiger partial charge in [-0.25, -0.2) is 4.79 Å². The van der Waals surface area contributed by atoms with Crippen molar-refractivity contribution in [2.24, 2.45) is 17.8 Å². The molecule has 0 bridgehead atoms. The summed E-state index contributed by atoms with van der Waals surface area (Å²) in [6.45, 7) is 0.521. The number of aliphatic hydroxyl groups excluding tert-OH is 1. The van der Waals surface area contributed by atoms with Crippen LogP contribution in [0.1, 0.15) is 35.2 Å². The molecule has 5 unspecified atom stereocenters. The first-order valence-corrected chi connectivity index (χ1v) is 15.9. The summed E-state index contributed by atoms with van der Waals surface area (Å²) < 4.78 is 15.0. The van der Waals surface area contributed by atoms with Crippen LogP contribution in [0.3, 0.4) is 0 Å². The topological polar surface area (TPSA) is 289 Å². The number of aliphatic carboxylic acids is 1. The standard InChI is InChI=1S/C27H34N2O16Si/c1-13-6-14(24(36)44-11-20(33)43-4-3-5-46(25(37)38,26(39)40)27(41)42)8-15(7-13)29-23(35)21-16(10-19(31)32)17(22(34)28-2)9-18(21)45-12-30/h6-8,12,16-18,20-21,33H,3-5,9-11H2,1-2H3,(H,28,34)(H,29,35)(H,31,32)(H,37,38)(H,39,40)(H,41,42). The zero-order valence-electron chi connectivity index (χ0n) is 24.7. The minimum absolute atomic E-state index is 0.0824. The molecule has 0 radical (unpaired) electrons. The van der Waals surface area contributed by atoms with Gasteiger partial charge in [-0.1, -0.05) is 0 Å². The number of aliphatic hydroxyl groups is 1. The number of rotatable bonds is 18. The van der Waals surface area contributed by atoms with E-state index >= 15 is 0 Å². The summed E-state index contributed by atoms with van der Waals surface area (Å²) in [4.78, 5) is 95.1. The number of anilines is 1. The Morgan fingerprint density at radius 3 is 2.17 bits per heavy atom. The van der Waals surface area contributed by atoms with Crippen molar-refractivity contribution in [2.45, 2.75) is 44.6 Å². The first kappa shape index (κ1) is 37.3. The van der Waals surface area contributed by atoms with Gasteiger partial charge in [0.05, 0.1) is 11.5 Å². The molecule has 2 rings (SSSR count). The van der Waals surface area contributed by atoms with E-state index in [1.54, 1.807) is 6.92 Å². The fourth-order valence-electron chi connectivity index (χ4n) is 5.26. The molecule has 1 aliphatic rings. The molecule has 5 atom stereocenters. The van der Waals surface area contributed by atoms with Crippen LogP contribution in [0.15, 0.2) is 18.2 Å². The molecular weight excluding hydrogens is 636 g/mol. The van der Waals surface area contributed by atoms with Gasteiger partial charge < -0.3 is 50.4 Å². The van der Waals surface area contributed by atoms with Crippen LogP contribution in [0.2, 0.25) is 6.04 Å². The smallest absolute Gasteiger partial charge is 0.431 e. The van der Waals surface area contributed by atoms with E-state index in [4.69, 9.17) is 29.5 Å². The zero-order valence-corrected chi connectivity index (χ0v) is 25.7. The minimum atomic E-state index is -4.83. The maximum absolute atomic E-state index is 13.4. The van der Waals surface area contributed by atoms with Crippen molar-refractivity contribution < 1.29 is 78.1 Å². The van der Waals surface area contributed by atoms with Crippen molar-refractivity contribution in [2.75, 3.05) is 25.6 Å². The van der Waals surface area contributed by atoms with Gasteiger partial charge in [0.1, 0.15) is 12.7 Å². The molecule has 0 spiro atoms. The van der Waals surface area contributed by atoms with Gasteiger partial charge in [-0.05, 0) is 55.5 Å². The van der Waals surface area contributed by atoms with E-state index in [1.165, 1.54) is 25.2 Å². The summed E-state index contributed by atoms with van der Waals surface area (Å²) in [5, 5.41) is 51.9. The number of ether oxygens (including phenoxy) is 3. The Balaban J connectivity index is 2.07. The van der Waals surface area contributed by atoms with E-state index in [2.05, 4.69) is 10.6 Å². The Hall–Kier alpha value is -4.88. The predicted molar refractivity (Wildman–Crippen MR) is 154 cm³/mol. The van der Waals surface area contributed by atoms with E-state index in [0.29, 0.717) is 5.56 Å². The van der Waals surface area contributed by atoms with E-state index in [0.717, 1.165) is 0 Å². The van der Waals surface area contributed by atoms with Crippen LogP contribution in [0.4, 0.5) is 20.1 Å². The molecule has 18 nitrogen and oxygen atoms in total. The van der Waals surface area contributed by atoms with Crippen molar-refractivity contribution in [1.29, 1.82) is 0 Å². The number of benzene rings is 1. The van der Waals surface area contributed by atoms with Crippen molar-refractivity contribution in [3.8, 4) is 0 Å². The van der Waals surface area contributed by atoms with Crippen molar-refractivity contribution >= 4 is 60.8 Å². The number of hydrogen-bond acceptors (Lipinski definition) is 12. The first-order valence-electron chi connectivity index (χ1n) is 13.7. The van der Waals surface area contributed by atoms with Crippen LogP contribution in [-0.4, -0.2) is 113 Å². The number of hydrogen-bond donors (Lipinski definition) is 7. The fourth-order valence-corrected chi connectivity index (χ4v) is 7.12. The zero-order chi connectivity index (χ0) is 34.8. The van der Waals surface area contributed by atoms with Crippen LogP contribution in [0.5, 0.6) is 0 Å². The Morgan fingerprint density at radius 1 is 1.00 bits per heavy atom.